The van der Waals surface area contributed by atoms with E-state index < -0.39 is 52.8 Å². The van der Waals surface area contributed by atoms with Crippen LogP contribution in [0.25, 0.3) is 5.57 Å². The van der Waals surface area contributed by atoms with E-state index >= 15 is 0 Å². The number of anilines is 2. The van der Waals surface area contributed by atoms with Gasteiger partial charge in [-0.15, -0.1) is 11.8 Å². The molecular weight excluding hydrogens is 1020 g/mol. The molecule has 0 spiro atoms. The van der Waals surface area contributed by atoms with Crippen LogP contribution in [-0.2, 0) is 24.6 Å². The molecule has 0 bridgehead atoms. The highest BCUT2D eigenvalue weighted by Crippen LogP contribution is 2.44. The molecule has 13 nitrogen and oxygen atoms in total. The van der Waals surface area contributed by atoms with Crippen molar-refractivity contribution in [2.75, 3.05) is 108 Å². The van der Waals surface area contributed by atoms with Crippen molar-refractivity contribution in [3.05, 3.63) is 119 Å². The number of hydrogen-bond donors (Lipinski definition) is 3. The van der Waals surface area contributed by atoms with Gasteiger partial charge in [0, 0.05) is 124 Å². The third-order valence-electron chi connectivity index (χ3n) is 14.3. The van der Waals surface area contributed by atoms with E-state index in [2.05, 4.69) is 56.2 Å². The highest BCUT2D eigenvalue weighted by Gasteiger charge is 2.48. The fourth-order valence-electron chi connectivity index (χ4n) is 10.4. The van der Waals surface area contributed by atoms with Gasteiger partial charge in [-0.2, -0.15) is 13.2 Å². The van der Waals surface area contributed by atoms with Crippen LogP contribution in [0.15, 0.2) is 117 Å². The Morgan fingerprint density at radius 1 is 0.890 bits per heavy atom. The molecular formula is C53H67ClF3N7O6S3. The summed E-state index contributed by atoms with van der Waals surface area (Å²) in [6, 6.07) is 26.5. The molecule has 1 amide bonds. The molecule has 73 heavy (non-hydrogen) atoms. The van der Waals surface area contributed by atoms with E-state index in [9.17, 15) is 34.8 Å². The Hall–Kier alpha value is -4.18. The summed E-state index contributed by atoms with van der Waals surface area (Å²) in [5, 5.41) is 7.30. The molecule has 4 aliphatic rings. The summed E-state index contributed by atoms with van der Waals surface area (Å²) in [7, 11) is -10.9. The number of benzene rings is 4. The minimum absolute atomic E-state index is 0.000555. The molecule has 3 fully saturated rings. The normalized spacial score (nSPS) is 21.7. The maximum atomic E-state index is 14.3. The molecule has 0 unspecified atom stereocenters. The number of nitrogens with zero attached hydrogens (tertiary/aromatic N) is 4. The summed E-state index contributed by atoms with van der Waals surface area (Å²) in [4.78, 5) is 21.8. The number of carbonyl (C=O) groups excluding carboxylic acids is 1. The standard InChI is InChI=1S/C53H67ClF3N7O6S3/c1-39-35-63(25-22-58-39)38-52(2)21-19-48(40-9-13-43(54)14-10-40)42(34-52)36-62-26-28-64(29-27-62)45-15-11-41(12-16-45)51(65)60-73(68,69)47-17-18-49(50(33-47)72(66,67)53(55,56)57)59-44(37-71-46-7-4-3-5-8-46)20-24-61-23-6-31-70-32-30-61/h3-5,7-18,33,39,44,58-59H,6,19-32,34-38H2,1-2H3,(H,60,65)/t39-,44+,52+/m0/s1. The van der Waals surface area contributed by atoms with Crippen LogP contribution in [-0.4, -0.2) is 153 Å². The molecule has 8 rings (SSSR count). The molecule has 0 radical (unpaired) electrons. The molecule has 3 heterocycles. The lowest BCUT2D eigenvalue weighted by Gasteiger charge is -2.44. The Kier molecular flexibility index (Phi) is 18.3. The number of nitrogens with one attached hydrogen (secondary N) is 3. The van der Waals surface area contributed by atoms with Gasteiger partial charge < -0.3 is 25.2 Å². The van der Waals surface area contributed by atoms with Crippen LogP contribution in [0.4, 0.5) is 24.5 Å². The van der Waals surface area contributed by atoms with Crippen molar-refractivity contribution in [1.29, 1.82) is 0 Å². The van der Waals surface area contributed by atoms with E-state index in [1.54, 1.807) is 12.1 Å². The molecule has 0 aromatic heterocycles. The van der Waals surface area contributed by atoms with Crippen LogP contribution in [0.5, 0.6) is 0 Å². The number of ether oxygens (including phenoxy) is 1. The average Bonchev–Trinajstić information content (AvgIpc) is 3.64. The van der Waals surface area contributed by atoms with Crippen molar-refractivity contribution in [2.24, 2.45) is 5.41 Å². The lowest BCUT2D eigenvalue weighted by atomic mass is 9.71. The number of rotatable bonds is 18. The highest BCUT2D eigenvalue weighted by atomic mass is 35.5. The zero-order valence-electron chi connectivity index (χ0n) is 41.5. The summed E-state index contributed by atoms with van der Waals surface area (Å²) < 4.78 is 104. The second kappa shape index (κ2) is 24.2. The average molecular weight is 1090 g/mol. The number of sulfone groups is 1. The molecule has 396 valence electrons. The SMILES string of the molecule is C[C@H]1CN(C[C@]2(C)CCC(c3ccc(Cl)cc3)=C(CN3CCN(c4ccc(C(=O)NS(=O)(=O)c5ccc(N[C@H](CCN6CCCOCC6)CSc6ccccc6)c(S(=O)(=O)C(F)(F)F)c5)cc4)CC3)C2)CCN1. The van der Waals surface area contributed by atoms with Gasteiger partial charge in [0.1, 0.15) is 4.90 Å². The highest BCUT2D eigenvalue weighted by molar-refractivity contribution is 7.99. The minimum atomic E-state index is -6.07. The molecule has 3 saturated heterocycles. The van der Waals surface area contributed by atoms with Gasteiger partial charge in [0.2, 0.25) is 0 Å². The van der Waals surface area contributed by atoms with Crippen LogP contribution in [0.3, 0.4) is 0 Å². The van der Waals surface area contributed by atoms with Gasteiger partial charge in [-0.25, -0.2) is 21.6 Å². The van der Waals surface area contributed by atoms with Gasteiger partial charge in [0.15, 0.2) is 0 Å². The van der Waals surface area contributed by atoms with E-state index in [0.29, 0.717) is 55.6 Å². The first-order valence-electron chi connectivity index (χ1n) is 25.1. The fraction of sp³-hybridized carbons (Fsp3) is 0.491. The van der Waals surface area contributed by atoms with Crippen molar-refractivity contribution >= 4 is 66.1 Å². The van der Waals surface area contributed by atoms with E-state index in [1.165, 1.54) is 40.6 Å². The van der Waals surface area contributed by atoms with Crippen LogP contribution in [0, 0.1) is 5.41 Å². The van der Waals surface area contributed by atoms with E-state index in [0.717, 1.165) is 114 Å². The number of carbonyl (C=O) groups is 1. The van der Waals surface area contributed by atoms with E-state index in [-0.39, 0.29) is 11.0 Å². The molecule has 3 N–H and O–H groups in total. The van der Waals surface area contributed by atoms with Crippen molar-refractivity contribution in [1.82, 2.24) is 24.7 Å². The first-order valence-corrected chi connectivity index (χ1v) is 29.4. The summed E-state index contributed by atoms with van der Waals surface area (Å²) >= 11 is 7.76. The third kappa shape index (κ3) is 14.6. The van der Waals surface area contributed by atoms with Crippen LogP contribution < -0.4 is 20.3 Å². The van der Waals surface area contributed by atoms with Crippen molar-refractivity contribution in [2.45, 2.75) is 78.2 Å². The molecule has 0 saturated carbocycles. The third-order valence-corrected chi connectivity index (χ3v) is 18.6. The van der Waals surface area contributed by atoms with Crippen LogP contribution >= 0.6 is 23.4 Å². The Morgan fingerprint density at radius 2 is 1.63 bits per heavy atom. The smallest absolute Gasteiger partial charge is 0.380 e. The number of alkyl halides is 3. The second-order valence-corrected chi connectivity index (χ2v) is 25.2. The zero-order valence-corrected chi connectivity index (χ0v) is 44.7. The van der Waals surface area contributed by atoms with Crippen molar-refractivity contribution in [3.63, 3.8) is 0 Å². The lowest BCUT2D eigenvalue weighted by Crippen LogP contribution is -2.52. The first kappa shape index (κ1) is 55.1. The van der Waals surface area contributed by atoms with E-state index in [1.807, 2.05) is 47.2 Å². The van der Waals surface area contributed by atoms with Crippen molar-refractivity contribution in [3.8, 4) is 0 Å². The lowest BCUT2D eigenvalue weighted by molar-refractivity contribution is -0.0435. The number of hydrogen-bond acceptors (Lipinski definition) is 13. The molecule has 3 atom stereocenters. The number of halogens is 4. The minimum Gasteiger partial charge on any atom is -0.380 e. The number of allylic oxidation sites excluding steroid dienone is 1. The second-order valence-electron chi connectivity index (χ2n) is 20.1. The van der Waals surface area contributed by atoms with Crippen LogP contribution in [0.1, 0.15) is 61.9 Å². The number of thioether (sulfide) groups is 1. The van der Waals surface area contributed by atoms with Gasteiger partial charge in [0.05, 0.1) is 17.2 Å². The summed E-state index contributed by atoms with van der Waals surface area (Å²) in [5.74, 6) is -0.654. The molecule has 20 heteroatoms. The first-order chi connectivity index (χ1) is 34.8. The van der Waals surface area contributed by atoms with Gasteiger partial charge in [0.25, 0.3) is 25.8 Å². The largest absolute Gasteiger partial charge is 0.501 e. The Labute approximate surface area is 438 Å². The quantitative estimate of drug-likeness (QED) is 0.0821. The Bertz CT molecular complexity index is 2760. The Balaban J connectivity index is 0.921. The summed E-state index contributed by atoms with van der Waals surface area (Å²) in [6.07, 6.45) is 4.41. The predicted molar refractivity (Wildman–Crippen MR) is 285 cm³/mol. The molecule has 4 aromatic carbocycles. The van der Waals surface area contributed by atoms with Gasteiger partial charge >= 0.3 is 5.51 Å². The maximum Gasteiger partial charge on any atom is 0.501 e. The monoisotopic (exact) mass is 1090 g/mol. The Morgan fingerprint density at radius 3 is 2.34 bits per heavy atom. The van der Waals surface area contributed by atoms with Gasteiger partial charge in [-0.05, 0) is 122 Å². The number of sulfonamides is 1. The summed E-state index contributed by atoms with van der Waals surface area (Å²) in [5.41, 5.74) is -1.04. The van der Waals surface area contributed by atoms with Crippen molar-refractivity contribution < 1.29 is 39.5 Å². The van der Waals surface area contributed by atoms with E-state index in [4.69, 9.17) is 16.3 Å². The predicted octanol–water partition coefficient (Wildman–Crippen LogP) is 8.50. The number of amides is 1. The zero-order chi connectivity index (χ0) is 51.8. The topological polar surface area (TPSA) is 144 Å². The fourth-order valence-corrected chi connectivity index (χ4v) is 13.6. The summed E-state index contributed by atoms with van der Waals surface area (Å²) in [6.45, 7) is 16.0. The van der Waals surface area contributed by atoms with Crippen LogP contribution in [0.2, 0.25) is 5.02 Å². The molecule has 4 aromatic rings. The molecule has 3 aliphatic heterocycles. The number of piperazine rings is 2. The van der Waals surface area contributed by atoms with Gasteiger partial charge in [-0.3, -0.25) is 14.6 Å². The molecule has 1 aliphatic carbocycles. The maximum absolute atomic E-state index is 14.3. The van der Waals surface area contributed by atoms with Gasteiger partial charge in [-0.1, -0.05) is 54.4 Å².